The van der Waals surface area contributed by atoms with Crippen LogP contribution in [0.25, 0.3) is 0 Å². The van der Waals surface area contributed by atoms with Crippen LogP contribution in [0.15, 0.2) is 0 Å². The first kappa shape index (κ1) is 9.05. The first-order chi connectivity index (χ1) is 5.43. The summed E-state index contributed by atoms with van der Waals surface area (Å²) in [6.07, 6.45) is 10.8. The van der Waals surface area contributed by atoms with Crippen molar-refractivity contribution in [2.75, 3.05) is 6.61 Å². The molecule has 0 aromatic rings. The number of rotatable bonds is 3. The van der Waals surface area contributed by atoms with Gasteiger partial charge in [0.2, 0.25) is 0 Å². The van der Waals surface area contributed by atoms with Gasteiger partial charge in [0.05, 0.1) is 0 Å². The summed E-state index contributed by atoms with van der Waals surface area (Å²) in [4.78, 5) is 0. The van der Waals surface area contributed by atoms with E-state index in [1.165, 1.54) is 44.9 Å². The van der Waals surface area contributed by atoms with Crippen molar-refractivity contribution >= 4 is 0 Å². The zero-order chi connectivity index (χ0) is 7.94. The van der Waals surface area contributed by atoms with E-state index in [1.54, 1.807) is 0 Å². The van der Waals surface area contributed by atoms with E-state index >= 15 is 0 Å². The second-order valence-corrected chi connectivity index (χ2v) is 3.72. The van der Waals surface area contributed by atoms with Gasteiger partial charge in [0.25, 0.3) is 0 Å². The molecule has 1 fully saturated rings. The predicted octanol–water partition coefficient (Wildman–Crippen LogP) is 2.73. The first-order valence-electron chi connectivity index (χ1n) is 5.04. The third-order valence-electron chi connectivity index (χ3n) is 2.75. The molecule has 0 aromatic carbocycles. The van der Waals surface area contributed by atoms with Crippen molar-refractivity contribution in [2.24, 2.45) is 5.92 Å². The quantitative estimate of drug-likeness (QED) is 0.623. The molecule has 0 amide bonds. The van der Waals surface area contributed by atoms with Crippen molar-refractivity contribution in [1.29, 1.82) is 0 Å². The Morgan fingerprint density at radius 3 is 2.18 bits per heavy atom. The van der Waals surface area contributed by atoms with Gasteiger partial charge >= 0.3 is 0 Å². The van der Waals surface area contributed by atoms with E-state index < -0.39 is 0 Å². The predicted molar refractivity (Wildman–Crippen MR) is 47.5 cm³/mol. The Bertz CT molecular complexity index is 82.9. The number of hydrogen-bond donors (Lipinski definition) is 1. The Balaban J connectivity index is 2.09. The van der Waals surface area contributed by atoms with Crippen molar-refractivity contribution in [1.82, 2.24) is 0 Å². The van der Waals surface area contributed by atoms with Crippen LogP contribution in [-0.2, 0) is 0 Å². The summed E-state index contributed by atoms with van der Waals surface area (Å²) in [6, 6.07) is 0. The minimum absolute atomic E-state index is 0.385. The van der Waals surface area contributed by atoms with E-state index in [1.807, 2.05) is 0 Å². The smallest absolute Gasteiger partial charge is 0.0431 e. The van der Waals surface area contributed by atoms with E-state index in [9.17, 15) is 0 Å². The molecule has 1 rings (SSSR count). The zero-order valence-electron chi connectivity index (χ0n) is 7.39. The van der Waals surface area contributed by atoms with Gasteiger partial charge in [-0.15, -0.1) is 0 Å². The zero-order valence-corrected chi connectivity index (χ0v) is 7.39. The highest BCUT2D eigenvalue weighted by Gasteiger charge is 2.10. The largest absolute Gasteiger partial charge is 0.396 e. The lowest BCUT2D eigenvalue weighted by Crippen LogP contribution is -1.99. The molecule has 11 heavy (non-hydrogen) atoms. The lowest BCUT2D eigenvalue weighted by molar-refractivity contribution is 0.266. The van der Waals surface area contributed by atoms with Crippen molar-refractivity contribution in [2.45, 2.75) is 51.4 Å². The van der Waals surface area contributed by atoms with Crippen LogP contribution in [0.4, 0.5) is 0 Å². The minimum Gasteiger partial charge on any atom is -0.396 e. The van der Waals surface area contributed by atoms with Crippen LogP contribution in [0.1, 0.15) is 51.4 Å². The van der Waals surface area contributed by atoms with Gasteiger partial charge in [0.15, 0.2) is 0 Å². The molecule has 1 saturated carbocycles. The molecule has 0 saturated heterocycles. The van der Waals surface area contributed by atoms with Crippen molar-refractivity contribution in [3.63, 3.8) is 0 Å². The van der Waals surface area contributed by atoms with Gasteiger partial charge in [-0.25, -0.2) is 0 Å². The standard InChI is InChI=1S/C10H20O/c11-9-5-8-10-6-3-1-2-4-7-10/h10-11H,1-9H2. The summed E-state index contributed by atoms with van der Waals surface area (Å²) in [7, 11) is 0. The molecule has 1 N–H and O–H groups in total. The van der Waals surface area contributed by atoms with E-state index in [0.717, 1.165) is 12.3 Å². The Morgan fingerprint density at radius 2 is 1.64 bits per heavy atom. The SMILES string of the molecule is OCCCC1CCCCCC1. The van der Waals surface area contributed by atoms with Gasteiger partial charge < -0.3 is 5.11 Å². The summed E-state index contributed by atoms with van der Waals surface area (Å²) in [5.74, 6) is 0.935. The first-order valence-corrected chi connectivity index (χ1v) is 5.04. The van der Waals surface area contributed by atoms with Crippen LogP contribution in [0.2, 0.25) is 0 Å². The molecule has 0 bridgehead atoms. The van der Waals surface area contributed by atoms with Crippen molar-refractivity contribution in [3.05, 3.63) is 0 Å². The highest BCUT2D eigenvalue weighted by Crippen LogP contribution is 2.25. The fourth-order valence-electron chi connectivity index (χ4n) is 2.03. The molecule has 0 radical (unpaired) electrons. The summed E-state index contributed by atoms with van der Waals surface area (Å²) < 4.78 is 0. The van der Waals surface area contributed by atoms with Gasteiger partial charge in [-0.1, -0.05) is 38.5 Å². The summed E-state index contributed by atoms with van der Waals surface area (Å²) >= 11 is 0. The number of aliphatic hydroxyl groups is 1. The molecule has 1 aliphatic rings. The van der Waals surface area contributed by atoms with Gasteiger partial charge in [-0.3, -0.25) is 0 Å². The van der Waals surface area contributed by atoms with Crippen molar-refractivity contribution < 1.29 is 5.11 Å². The maximum Gasteiger partial charge on any atom is 0.0431 e. The molecule has 1 heteroatoms. The molecule has 66 valence electrons. The molecule has 0 aliphatic heterocycles. The molecule has 1 nitrogen and oxygen atoms in total. The van der Waals surface area contributed by atoms with Gasteiger partial charge in [-0.05, 0) is 18.8 Å². The number of aliphatic hydroxyl groups excluding tert-OH is 1. The van der Waals surface area contributed by atoms with E-state index in [-0.39, 0.29) is 0 Å². The average Bonchev–Trinajstić information content (AvgIpc) is 2.28. The second kappa shape index (κ2) is 5.59. The van der Waals surface area contributed by atoms with Crippen LogP contribution in [0.3, 0.4) is 0 Å². The van der Waals surface area contributed by atoms with Crippen LogP contribution in [0.5, 0.6) is 0 Å². The molecule has 0 heterocycles. The van der Waals surface area contributed by atoms with Crippen LogP contribution in [0, 0.1) is 5.92 Å². The maximum absolute atomic E-state index is 8.67. The lowest BCUT2D eigenvalue weighted by atomic mass is 9.95. The van der Waals surface area contributed by atoms with E-state index in [2.05, 4.69) is 0 Å². The Morgan fingerprint density at radius 1 is 1.00 bits per heavy atom. The molecule has 0 aromatic heterocycles. The Kier molecular flexibility index (Phi) is 4.60. The summed E-state index contributed by atoms with van der Waals surface area (Å²) in [5, 5.41) is 8.67. The van der Waals surface area contributed by atoms with E-state index in [0.29, 0.717) is 6.61 Å². The van der Waals surface area contributed by atoms with Gasteiger partial charge in [0.1, 0.15) is 0 Å². The molecule has 0 atom stereocenters. The molecule has 0 unspecified atom stereocenters. The van der Waals surface area contributed by atoms with Crippen molar-refractivity contribution in [3.8, 4) is 0 Å². The monoisotopic (exact) mass is 156 g/mol. The molecule has 1 aliphatic carbocycles. The van der Waals surface area contributed by atoms with Crippen LogP contribution < -0.4 is 0 Å². The lowest BCUT2D eigenvalue weighted by Gasteiger charge is -2.11. The molecular weight excluding hydrogens is 136 g/mol. The highest BCUT2D eigenvalue weighted by atomic mass is 16.2. The van der Waals surface area contributed by atoms with Gasteiger partial charge in [-0.2, -0.15) is 0 Å². The maximum atomic E-state index is 8.67. The highest BCUT2D eigenvalue weighted by molar-refractivity contribution is 4.64. The fourth-order valence-corrected chi connectivity index (χ4v) is 2.03. The minimum atomic E-state index is 0.385. The van der Waals surface area contributed by atoms with Crippen LogP contribution >= 0.6 is 0 Å². The fraction of sp³-hybridized carbons (Fsp3) is 1.00. The topological polar surface area (TPSA) is 20.2 Å². The third kappa shape index (κ3) is 3.76. The molecular formula is C10H20O. The van der Waals surface area contributed by atoms with Crippen LogP contribution in [-0.4, -0.2) is 11.7 Å². The Labute approximate surface area is 69.8 Å². The normalized spacial score (nSPS) is 21.5. The summed E-state index contributed by atoms with van der Waals surface area (Å²) in [6.45, 7) is 0.385. The third-order valence-corrected chi connectivity index (χ3v) is 2.75. The Hall–Kier alpha value is -0.0400. The molecule has 0 spiro atoms. The average molecular weight is 156 g/mol. The summed E-state index contributed by atoms with van der Waals surface area (Å²) in [5.41, 5.74) is 0. The second-order valence-electron chi connectivity index (χ2n) is 3.72. The van der Waals surface area contributed by atoms with E-state index in [4.69, 9.17) is 5.11 Å². The number of hydrogen-bond acceptors (Lipinski definition) is 1. The van der Waals surface area contributed by atoms with Gasteiger partial charge in [0, 0.05) is 6.61 Å².